The van der Waals surface area contributed by atoms with Gasteiger partial charge in [0.25, 0.3) is 5.91 Å². The highest BCUT2D eigenvalue weighted by Gasteiger charge is 2.48. The molecule has 2 aromatic carbocycles. The molecule has 156 valence electrons. The highest BCUT2D eigenvalue weighted by molar-refractivity contribution is 5.97. The van der Waals surface area contributed by atoms with Crippen LogP contribution in [-0.2, 0) is 4.79 Å². The fraction of sp³-hybridized carbons (Fsp3) is 0.364. The van der Waals surface area contributed by atoms with E-state index in [1.54, 1.807) is 35.2 Å². The van der Waals surface area contributed by atoms with E-state index in [2.05, 4.69) is 0 Å². The van der Waals surface area contributed by atoms with Gasteiger partial charge in [-0.3, -0.25) is 14.5 Å². The van der Waals surface area contributed by atoms with Crippen molar-refractivity contribution in [3.8, 4) is 11.5 Å². The smallest absolute Gasteiger partial charge is 0.254 e. The number of carbonyl (C=O) groups is 2. The second kappa shape index (κ2) is 6.98. The maximum Gasteiger partial charge on any atom is 0.254 e. The molecule has 30 heavy (non-hydrogen) atoms. The molecule has 0 aliphatic carbocycles. The highest BCUT2D eigenvalue weighted by Crippen LogP contribution is 2.36. The molecule has 0 bridgehead atoms. The third-order valence-corrected chi connectivity index (χ3v) is 6.29. The normalized spacial score (nSPS) is 23.5. The van der Waals surface area contributed by atoms with Crippen molar-refractivity contribution < 1.29 is 23.5 Å². The zero-order valence-corrected chi connectivity index (χ0v) is 16.6. The summed E-state index contributed by atoms with van der Waals surface area (Å²) < 4.78 is 24.4. The first-order chi connectivity index (χ1) is 14.4. The van der Waals surface area contributed by atoms with Crippen LogP contribution in [0, 0.1) is 5.82 Å². The summed E-state index contributed by atoms with van der Waals surface area (Å²) in [6.07, 6.45) is 0.735. The van der Waals surface area contributed by atoms with Gasteiger partial charge in [0.1, 0.15) is 5.82 Å². The molecular weight excluding hydrogens is 389 g/mol. The molecule has 7 nitrogen and oxygen atoms in total. The maximum atomic E-state index is 13.7. The zero-order valence-electron chi connectivity index (χ0n) is 16.6. The van der Waals surface area contributed by atoms with Gasteiger partial charge in [0.2, 0.25) is 12.7 Å². The van der Waals surface area contributed by atoms with Crippen LogP contribution in [0.15, 0.2) is 42.5 Å². The number of hydrogen-bond donors (Lipinski definition) is 0. The Labute approximate surface area is 173 Å². The molecule has 1 spiro atoms. The van der Waals surface area contributed by atoms with Gasteiger partial charge in [-0.15, -0.1) is 0 Å². The molecule has 2 fully saturated rings. The molecule has 0 saturated carbocycles. The lowest BCUT2D eigenvalue weighted by Gasteiger charge is -2.46. The second-order valence-electron chi connectivity index (χ2n) is 8.08. The van der Waals surface area contributed by atoms with Gasteiger partial charge < -0.3 is 19.3 Å². The molecule has 0 radical (unpaired) electrons. The van der Waals surface area contributed by atoms with Crippen LogP contribution in [0.3, 0.4) is 0 Å². The van der Waals surface area contributed by atoms with Crippen LogP contribution >= 0.6 is 0 Å². The van der Waals surface area contributed by atoms with E-state index in [-0.39, 0.29) is 36.5 Å². The largest absolute Gasteiger partial charge is 0.454 e. The molecule has 8 heteroatoms. The van der Waals surface area contributed by atoms with Crippen molar-refractivity contribution >= 4 is 17.5 Å². The Hall–Kier alpha value is -3.13. The SMILES string of the molecule is CN1CC(=O)N(c2cccc(F)c2)CC12CCN(C(=O)c1ccc3c(c1)OCO3)C2. The molecule has 0 aromatic heterocycles. The van der Waals surface area contributed by atoms with Crippen molar-refractivity contribution in [3.05, 3.63) is 53.8 Å². The molecule has 1 atom stereocenters. The van der Waals surface area contributed by atoms with Gasteiger partial charge in [-0.05, 0) is 49.9 Å². The predicted octanol–water partition coefficient (Wildman–Crippen LogP) is 2.12. The van der Waals surface area contributed by atoms with Crippen molar-refractivity contribution in [3.63, 3.8) is 0 Å². The van der Waals surface area contributed by atoms with Crippen molar-refractivity contribution in [1.29, 1.82) is 0 Å². The lowest BCUT2D eigenvalue weighted by molar-refractivity contribution is -0.123. The van der Waals surface area contributed by atoms with Gasteiger partial charge >= 0.3 is 0 Å². The third-order valence-electron chi connectivity index (χ3n) is 6.29. The summed E-state index contributed by atoms with van der Waals surface area (Å²) in [5.74, 6) is 0.689. The molecule has 1 unspecified atom stereocenters. The quantitative estimate of drug-likeness (QED) is 0.758. The first-order valence-electron chi connectivity index (χ1n) is 9.91. The van der Waals surface area contributed by atoms with E-state index in [9.17, 15) is 14.0 Å². The van der Waals surface area contributed by atoms with Crippen molar-refractivity contribution in [1.82, 2.24) is 9.80 Å². The third kappa shape index (κ3) is 3.08. The van der Waals surface area contributed by atoms with Gasteiger partial charge in [0.15, 0.2) is 11.5 Å². The molecule has 2 saturated heterocycles. The Bertz CT molecular complexity index is 1030. The van der Waals surface area contributed by atoms with E-state index in [1.165, 1.54) is 12.1 Å². The fourth-order valence-corrected chi connectivity index (χ4v) is 4.52. The number of carbonyl (C=O) groups excluding carboxylic acids is 2. The Balaban J connectivity index is 1.37. The number of likely N-dealkylation sites (N-methyl/N-ethyl adjacent to an activating group) is 1. The molecule has 5 rings (SSSR count). The Morgan fingerprint density at radius 2 is 1.93 bits per heavy atom. The summed E-state index contributed by atoms with van der Waals surface area (Å²) in [7, 11) is 1.91. The van der Waals surface area contributed by atoms with Crippen LogP contribution in [0.5, 0.6) is 11.5 Å². The summed E-state index contributed by atoms with van der Waals surface area (Å²) in [4.78, 5) is 31.3. The van der Waals surface area contributed by atoms with E-state index >= 15 is 0 Å². The molecule has 2 aromatic rings. The average molecular weight is 411 g/mol. The van der Waals surface area contributed by atoms with Gasteiger partial charge in [0, 0.05) is 30.9 Å². The van der Waals surface area contributed by atoms with Gasteiger partial charge in [-0.1, -0.05) is 6.07 Å². The van der Waals surface area contributed by atoms with Crippen LogP contribution < -0.4 is 14.4 Å². The minimum atomic E-state index is -0.376. The van der Waals surface area contributed by atoms with Crippen LogP contribution in [0.2, 0.25) is 0 Å². The molecule has 2 amide bonds. The number of anilines is 1. The Kier molecular flexibility index (Phi) is 4.39. The summed E-state index contributed by atoms with van der Waals surface area (Å²) in [5, 5.41) is 0. The molecule has 3 heterocycles. The molecule has 3 aliphatic heterocycles. The predicted molar refractivity (Wildman–Crippen MR) is 107 cm³/mol. The van der Waals surface area contributed by atoms with Crippen LogP contribution in [0.1, 0.15) is 16.8 Å². The second-order valence-corrected chi connectivity index (χ2v) is 8.08. The number of nitrogens with zero attached hydrogens (tertiary/aromatic N) is 3. The molecule has 0 N–H and O–H groups in total. The fourth-order valence-electron chi connectivity index (χ4n) is 4.52. The Morgan fingerprint density at radius 3 is 2.77 bits per heavy atom. The average Bonchev–Trinajstić information content (AvgIpc) is 3.38. The standard InChI is InChI=1S/C22H22FN3O4/c1-24-11-20(27)26(17-4-2-3-16(23)10-17)13-22(24)7-8-25(12-22)21(28)15-5-6-18-19(9-15)30-14-29-18/h2-6,9-10H,7-8,11-14H2,1H3. The van der Waals surface area contributed by atoms with Gasteiger partial charge in [0.05, 0.1) is 12.1 Å². The lowest BCUT2D eigenvalue weighted by atomic mass is 9.92. The number of likely N-dealkylation sites (tertiary alicyclic amines) is 1. The van der Waals surface area contributed by atoms with Crippen molar-refractivity contribution in [2.24, 2.45) is 0 Å². The van der Waals surface area contributed by atoms with Crippen LogP contribution in [0.4, 0.5) is 10.1 Å². The first-order valence-corrected chi connectivity index (χ1v) is 9.91. The maximum absolute atomic E-state index is 13.7. The molecule has 3 aliphatic rings. The topological polar surface area (TPSA) is 62.3 Å². The Morgan fingerprint density at radius 1 is 1.10 bits per heavy atom. The number of fused-ring (bicyclic) bond motifs is 1. The summed E-state index contributed by atoms with van der Waals surface area (Å²) in [6.45, 7) is 1.88. The zero-order chi connectivity index (χ0) is 20.9. The minimum Gasteiger partial charge on any atom is -0.454 e. The van der Waals surface area contributed by atoms with E-state index in [4.69, 9.17) is 9.47 Å². The van der Waals surface area contributed by atoms with Crippen LogP contribution in [0.25, 0.3) is 0 Å². The van der Waals surface area contributed by atoms with Gasteiger partial charge in [-0.25, -0.2) is 4.39 Å². The summed E-state index contributed by atoms with van der Waals surface area (Å²) >= 11 is 0. The lowest BCUT2D eigenvalue weighted by Crippen LogP contribution is -2.64. The van der Waals surface area contributed by atoms with E-state index in [0.29, 0.717) is 42.4 Å². The monoisotopic (exact) mass is 411 g/mol. The number of ether oxygens (including phenoxy) is 2. The summed E-state index contributed by atoms with van der Waals surface area (Å²) in [6, 6.07) is 11.3. The van der Waals surface area contributed by atoms with E-state index in [1.807, 2.05) is 16.8 Å². The highest BCUT2D eigenvalue weighted by atomic mass is 19.1. The first kappa shape index (κ1) is 18.9. The van der Waals surface area contributed by atoms with E-state index in [0.717, 1.165) is 6.42 Å². The number of rotatable bonds is 2. The van der Waals surface area contributed by atoms with Crippen molar-refractivity contribution in [2.75, 3.05) is 44.9 Å². The number of hydrogen-bond acceptors (Lipinski definition) is 5. The molecular formula is C22H22FN3O4. The number of piperazine rings is 1. The number of halogens is 1. The van der Waals surface area contributed by atoms with E-state index < -0.39 is 0 Å². The van der Waals surface area contributed by atoms with Gasteiger partial charge in [-0.2, -0.15) is 0 Å². The van der Waals surface area contributed by atoms with Crippen LogP contribution in [-0.4, -0.2) is 67.2 Å². The number of amides is 2. The van der Waals surface area contributed by atoms with Crippen molar-refractivity contribution in [2.45, 2.75) is 12.0 Å². The minimum absolute atomic E-state index is 0.0747. The number of benzene rings is 2. The summed E-state index contributed by atoms with van der Waals surface area (Å²) in [5.41, 5.74) is 0.729.